The molecule has 38 heavy (non-hydrogen) atoms. The lowest BCUT2D eigenvalue weighted by atomic mass is 10.0. The molecule has 0 saturated carbocycles. The Morgan fingerprint density at radius 3 is 2.71 bits per heavy atom. The van der Waals surface area contributed by atoms with Gasteiger partial charge in [0.15, 0.2) is 0 Å². The van der Waals surface area contributed by atoms with Crippen molar-refractivity contribution in [3.63, 3.8) is 0 Å². The van der Waals surface area contributed by atoms with Crippen molar-refractivity contribution in [3.8, 4) is 28.1 Å². The van der Waals surface area contributed by atoms with Gasteiger partial charge in [0.1, 0.15) is 17.7 Å². The normalized spacial score (nSPS) is 16.3. The second-order valence-electron chi connectivity index (χ2n) is 9.11. The van der Waals surface area contributed by atoms with E-state index in [-0.39, 0.29) is 17.9 Å². The van der Waals surface area contributed by atoms with E-state index in [1.165, 1.54) is 30.5 Å². The average Bonchev–Trinajstić information content (AvgIpc) is 3.60. The van der Waals surface area contributed by atoms with Gasteiger partial charge in [-0.3, -0.25) is 14.9 Å². The third-order valence-electron chi connectivity index (χ3n) is 6.52. The fraction of sp³-hybridized carbons (Fsp3) is 0.231. The van der Waals surface area contributed by atoms with E-state index in [1.807, 2.05) is 17.2 Å². The van der Waals surface area contributed by atoms with Gasteiger partial charge in [-0.25, -0.2) is 9.37 Å². The van der Waals surface area contributed by atoms with Gasteiger partial charge in [0, 0.05) is 71.1 Å². The molecular formula is C26H20ClF3N6O2. The lowest BCUT2D eigenvalue weighted by Crippen LogP contribution is -2.22. The zero-order valence-electron chi connectivity index (χ0n) is 19.7. The predicted octanol–water partition coefficient (Wildman–Crippen LogP) is 5.41. The Kier molecular flexibility index (Phi) is 5.94. The number of alkyl halides is 4. The summed E-state index contributed by atoms with van der Waals surface area (Å²) in [6, 6.07) is 9.01. The summed E-state index contributed by atoms with van der Waals surface area (Å²) < 4.78 is 44.0. The fourth-order valence-corrected chi connectivity index (χ4v) is 4.84. The summed E-state index contributed by atoms with van der Waals surface area (Å²) in [7, 11) is 0. The minimum absolute atomic E-state index is 0.155. The molecule has 1 atom stereocenters. The smallest absolute Gasteiger partial charge is 0.420 e. The molecule has 2 aliphatic rings. The lowest BCUT2D eigenvalue weighted by molar-refractivity contribution is -0.0964. The number of aromatic amines is 1. The molecule has 194 valence electrons. The molecule has 0 unspecified atom stereocenters. The molecule has 0 spiro atoms. The molecule has 6 rings (SSSR count). The Bertz CT molecular complexity index is 1520. The number of aromatic nitrogens is 4. The second kappa shape index (κ2) is 9.32. The van der Waals surface area contributed by atoms with Crippen LogP contribution >= 0.6 is 11.6 Å². The van der Waals surface area contributed by atoms with Crippen LogP contribution in [0.25, 0.3) is 22.4 Å². The molecule has 0 radical (unpaired) electrons. The molecule has 2 N–H and O–H groups in total. The van der Waals surface area contributed by atoms with Crippen molar-refractivity contribution in [1.29, 1.82) is 0 Å². The molecule has 1 aliphatic heterocycles. The molecule has 12 heteroatoms. The highest BCUT2D eigenvalue weighted by molar-refractivity contribution is 6.20. The van der Waals surface area contributed by atoms with Crippen molar-refractivity contribution in [1.82, 2.24) is 20.2 Å². The van der Waals surface area contributed by atoms with E-state index < -0.39 is 17.6 Å². The largest absolute Gasteiger partial charge is 0.487 e. The Morgan fingerprint density at radius 2 is 1.97 bits per heavy atom. The van der Waals surface area contributed by atoms with E-state index in [0.29, 0.717) is 36.5 Å². The minimum Gasteiger partial charge on any atom is -0.420 e. The van der Waals surface area contributed by atoms with Gasteiger partial charge in [0.05, 0.1) is 23.5 Å². The maximum Gasteiger partial charge on any atom is 0.487 e. The first-order valence-corrected chi connectivity index (χ1v) is 12.2. The van der Waals surface area contributed by atoms with Gasteiger partial charge >= 0.3 is 5.57 Å². The fourth-order valence-electron chi connectivity index (χ4n) is 4.75. The summed E-state index contributed by atoms with van der Waals surface area (Å²) >= 11 is 4.79. The van der Waals surface area contributed by atoms with Gasteiger partial charge in [-0.15, -0.1) is 8.78 Å². The van der Waals surface area contributed by atoms with Gasteiger partial charge in [-0.1, -0.05) is 0 Å². The zero-order chi connectivity index (χ0) is 26.4. The lowest BCUT2D eigenvalue weighted by Gasteiger charge is -2.21. The van der Waals surface area contributed by atoms with Gasteiger partial charge in [-0.05, 0) is 42.8 Å². The number of carbonyl (C=O) groups excluding carboxylic acids is 1. The zero-order valence-corrected chi connectivity index (χ0v) is 20.5. The summed E-state index contributed by atoms with van der Waals surface area (Å²) in [5.41, 5.74) is 1.84. The number of benzene rings is 1. The number of amides is 1. The number of fused-ring (bicyclic) bond motifs is 3. The quantitative estimate of drug-likeness (QED) is 0.280. The standard InChI is InChI=1S/C26H20ClF3N6O2/c27-26(29,30)38-19-3-1-18(2-4-19)34-25(37)16-8-20(24(32-11-16)36-6-5-17(28)13-36)14-7-21-22(31-10-14)9-15-12-33-35-23(15)21/h1-4,7-8,10-12,17H,5-6,9,13H2,(H,33,35)(H,34,37)/t17-/m1/s1. The van der Waals surface area contributed by atoms with Gasteiger partial charge in [0.25, 0.3) is 5.91 Å². The average molecular weight is 541 g/mol. The summed E-state index contributed by atoms with van der Waals surface area (Å²) in [6.45, 7) is 0.716. The van der Waals surface area contributed by atoms with Gasteiger partial charge in [0.2, 0.25) is 0 Å². The Balaban J connectivity index is 1.32. The van der Waals surface area contributed by atoms with Crippen LogP contribution in [0.15, 0.2) is 55.0 Å². The predicted molar refractivity (Wildman–Crippen MR) is 135 cm³/mol. The molecule has 1 fully saturated rings. The number of hydrogen-bond acceptors (Lipinski definition) is 6. The number of H-pyrrole nitrogens is 1. The van der Waals surface area contributed by atoms with E-state index in [0.717, 1.165) is 28.1 Å². The SMILES string of the molecule is O=C(Nc1ccc(OC(F)(F)Cl)cc1)c1cnc(N2CC[C@@H](F)C2)c(-c2cnc3c(c2)-c2n[nH]cc2C3)c1. The number of hydrogen-bond donors (Lipinski definition) is 2. The first kappa shape index (κ1) is 24.2. The van der Waals surface area contributed by atoms with Crippen LogP contribution < -0.4 is 15.0 Å². The minimum atomic E-state index is -3.84. The highest BCUT2D eigenvalue weighted by Crippen LogP contribution is 2.39. The van der Waals surface area contributed by atoms with E-state index in [1.54, 1.807) is 12.3 Å². The number of anilines is 2. The van der Waals surface area contributed by atoms with Crippen molar-refractivity contribution in [2.75, 3.05) is 23.3 Å². The van der Waals surface area contributed by atoms with E-state index in [9.17, 15) is 18.0 Å². The Hall–Kier alpha value is -4.12. The van der Waals surface area contributed by atoms with Crippen molar-refractivity contribution >= 4 is 29.0 Å². The number of pyridine rings is 2. The summed E-state index contributed by atoms with van der Waals surface area (Å²) in [4.78, 5) is 24.1. The number of halogens is 4. The first-order chi connectivity index (χ1) is 18.2. The Labute approximate surface area is 219 Å². The maximum absolute atomic E-state index is 14.1. The molecule has 1 aliphatic carbocycles. The van der Waals surface area contributed by atoms with Crippen LogP contribution in [0.2, 0.25) is 0 Å². The molecule has 1 aromatic carbocycles. The van der Waals surface area contributed by atoms with Crippen molar-refractivity contribution in [3.05, 3.63) is 71.8 Å². The molecule has 1 saturated heterocycles. The monoisotopic (exact) mass is 540 g/mol. The van der Waals surface area contributed by atoms with E-state index in [2.05, 4.69) is 30.2 Å². The highest BCUT2D eigenvalue weighted by atomic mass is 35.5. The van der Waals surface area contributed by atoms with Crippen molar-refractivity contribution in [2.24, 2.45) is 0 Å². The Morgan fingerprint density at radius 1 is 1.16 bits per heavy atom. The van der Waals surface area contributed by atoms with Crippen molar-refractivity contribution in [2.45, 2.75) is 24.6 Å². The first-order valence-electron chi connectivity index (χ1n) is 11.8. The molecule has 4 aromatic rings. The molecule has 8 nitrogen and oxygen atoms in total. The van der Waals surface area contributed by atoms with Crippen LogP contribution in [0.1, 0.15) is 28.0 Å². The topological polar surface area (TPSA) is 96.0 Å². The molecular weight excluding hydrogens is 521 g/mol. The number of nitrogens with zero attached hydrogens (tertiary/aromatic N) is 4. The van der Waals surface area contributed by atoms with Crippen LogP contribution in [0, 0.1) is 0 Å². The van der Waals surface area contributed by atoms with E-state index in [4.69, 9.17) is 11.6 Å². The van der Waals surface area contributed by atoms with Crippen LogP contribution in [0.5, 0.6) is 5.75 Å². The van der Waals surface area contributed by atoms with Gasteiger partial charge < -0.3 is 15.0 Å². The van der Waals surface area contributed by atoms with Crippen LogP contribution in [0.3, 0.4) is 0 Å². The third kappa shape index (κ3) is 4.76. The third-order valence-corrected chi connectivity index (χ3v) is 6.60. The maximum atomic E-state index is 14.1. The highest BCUT2D eigenvalue weighted by Gasteiger charge is 2.29. The van der Waals surface area contributed by atoms with Crippen LogP contribution in [-0.2, 0) is 6.42 Å². The molecule has 1 amide bonds. The van der Waals surface area contributed by atoms with Gasteiger partial charge in [-0.2, -0.15) is 5.10 Å². The molecule has 0 bridgehead atoms. The number of nitrogens with one attached hydrogen (secondary N) is 2. The summed E-state index contributed by atoms with van der Waals surface area (Å²) in [5.74, 6) is -0.0559. The van der Waals surface area contributed by atoms with Crippen LogP contribution in [-0.4, -0.2) is 50.9 Å². The van der Waals surface area contributed by atoms with Crippen LogP contribution in [0.4, 0.5) is 24.7 Å². The summed E-state index contributed by atoms with van der Waals surface area (Å²) in [6.07, 6.45) is 5.13. The number of carbonyl (C=O) groups is 1. The molecule has 4 heterocycles. The number of ether oxygens (including phenoxy) is 1. The number of rotatable bonds is 6. The molecule has 3 aromatic heterocycles. The summed E-state index contributed by atoms with van der Waals surface area (Å²) in [5, 5.41) is 9.93. The van der Waals surface area contributed by atoms with Crippen molar-refractivity contribution < 1.29 is 22.7 Å². The van der Waals surface area contributed by atoms with E-state index >= 15 is 0 Å². The second-order valence-corrected chi connectivity index (χ2v) is 9.55.